The van der Waals surface area contributed by atoms with Crippen molar-refractivity contribution in [2.24, 2.45) is 0 Å². The molecule has 3 nitrogen and oxygen atoms in total. The minimum Gasteiger partial charge on any atom is -0.312 e. The van der Waals surface area contributed by atoms with Crippen LogP contribution in [0, 0.1) is 6.92 Å². The molecule has 0 aliphatic carbocycles. The van der Waals surface area contributed by atoms with Crippen LogP contribution in [0.25, 0.3) is 10.8 Å². The van der Waals surface area contributed by atoms with E-state index in [1.807, 2.05) is 19.3 Å². The van der Waals surface area contributed by atoms with Crippen molar-refractivity contribution in [2.45, 2.75) is 19.9 Å². The van der Waals surface area contributed by atoms with Gasteiger partial charge in [-0.15, -0.1) is 11.3 Å². The smallest absolute Gasteiger partial charge is 0.0897 e. The first kappa shape index (κ1) is 13.2. The number of hydrogen-bond acceptors (Lipinski definition) is 4. The predicted octanol–water partition coefficient (Wildman–Crippen LogP) is 3.33. The number of nitrogens with zero attached hydrogens (tertiary/aromatic N) is 2. The van der Waals surface area contributed by atoms with Gasteiger partial charge in [0.25, 0.3) is 0 Å². The van der Waals surface area contributed by atoms with Crippen LogP contribution in [0.3, 0.4) is 0 Å². The summed E-state index contributed by atoms with van der Waals surface area (Å²) in [6, 6.07) is 8.56. The van der Waals surface area contributed by atoms with E-state index in [1.54, 1.807) is 11.3 Å². The van der Waals surface area contributed by atoms with Crippen LogP contribution in [0.1, 0.15) is 16.3 Å². The second-order valence-corrected chi connectivity index (χ2v) is 5.90. The molecule has 2 aromatic heterocycles. The molecule has 102 valence electrons. The monoisotopic (exact) mass is 283 g/mol. The zero-order valence-corrected chi connectivity index (χ0v) is 12.3. The van der Waals surface area contributed by atoms with Gasteiger partial charge in [-0.25, -0.2) is 4.98 Å². The third-order valence-electron chi connectivity index (χ3n) is 3.26. The Morgan fingerprint density at radius 3 is 3.00 bits per heavy atom. The van der Waals surface area contributed by atoms with Crippen molar-refractivity contribution in [2.75, 3.05) is 6.54 Å². The van der Waals surface area contributed by atoms with Gasteiger partial charge in [0.2, 0.25) is 0 Å². The van der Waals surface area contributed by atoms with Gasteiger partial charge in [0.1, 0.15) is 0 Å². The highest BCUT2D eigenvalue weighted by Gasteiger charge is 1.99. The van der Waals surface area contributed by atoms with Crippen LogP contribution in [-0.2, 0) is 13.0 Å². The van der Waals surface area contributed by atoms with Crippen molar-refractivity contribution in [1.29, 1.82) is 0 Å². The molecule has 1 N–H and O–H groups in total. The van der Waals surface area contributed by atoms with Gasteiger partial charge in [-0.2, -0.15) is 0 Å². The molecule has 0 aliphatic rings. The lowest BCUT2D eigenvalue weighted by Crippen LogP contribution is -2.16. The van der Waals surface area contributed by atoms with Gasteiger partial charge in [0.15, 0.2) is 0 Å². The molecule has 0 amide bonds. The Hall–Kier alpha value is -1.78. The Morgan fingerprint density at radius 2 is 2.15 bits per heavy atom. The highest BCUT2D eigenvalue weighted by Crippen LogP contribution is 2.14. The van der Waals surface area contributed by atoms with Crippen LogP contribution >= 0.6 is 11.3 Å². The fourth-order valence-electron chi connectivity index (χ4n) is 2.22. The lowest BCUT2D eigenvalue weighted by atomic mass is 10.1. The zero-order chi connectivity index (χ0) is 13.8. The summed E-state index contributed by atoms with van der Waals surface area (Å²) in [7, 11) is 0. The predicted molar refractivity (Wildman–Crippen MR) is 84.0 cm³/mol. The SMILES string of the molecule is Cc1nc(CCNCc2ccc3cnccc3c2)cs1. The number of hydrogen-bond donors (Lipinski definition) is 1. The van der Waals surface area contributed by atoms with E-state index in [-0.39, 0.29) is 0 Å². The van der Waals surface area contributed by atoms with Gasteiger partial charge in [-0.1, -0.05) is 12.1 Å². The number of rotatable bonds is 5. The van der Waals surface area contributed by atoms with Gasteiger partial charge in [-0.05, 0) is 30.0 Å². The summed E-state index contributed by atoms with van der Waals surface area (Å²) in [6.07, 6.45) is 4.73. The largest absolute Gasteiger partial charge is 0.312 e. The van der Waals surface area contributed by atoms with Crippen LogP contribution in [-0.4, -0.2) is 16.5 Å². The normalized spacial score (nSPS) is 11.1. The van der Waals surface area contributed by atoms with Crippen molar-refractivity contribution >= 4 is 22.1 Å². The summed E-state index contributed by atoms with van der Waals surface area (Å²) >= 11 is 1.72. The van der Waals surface area contributed by atoms with E-state index in [0.717, 1.165) is 24.5 Å². The van der Waals surface area contributed by atoms with E-state index in [1.165, 1.54) is 22.0 Å². The summed E-state index contributed by atoms with van der Waals surface area (Å²) in [4.78, 5) is 8.60. The number of pyridine rings is 1. The molecule has 1 aromatic carbocycles. The highest BCUT2D eigenvalue weighted by molar-refractivity contribution is 7.09. The van der Waals surface area contributed by atoms with E-state index in [2.05, 4.69) is 44.9 Å². The lowest BCUT2D eigenvalue weighted by Gasteiger charge is -2.05. The lowest BCUT2D eigenvalue weighted by molar-refractivity contribution is 0.681. The second-order valence-electron chi connectivity index (χ2n) is 4.84. The molecule has 3 rings (SSSR count). The van der Waals surface area contributed by atoms with Crippen molar-refractivity contribution in [3.05, 3.63) is 58.3 Å². The molecule has 0 bridgehead atoms. The first-order valence-electron chi connectivity index (χ1n) is 6.76. The zero-order valence-electron chi connectivity index (χ0n) is 11.5. The average molecular weight is 283 g/mol. The molecular formula is C16H17N3S. The molecule has 3 aromatic rings. The van der Waals surface area contributed by atoms with Crippen LogP contribution in [0.15, 0.2) is 42.0 Å². The van der Waals surface area contributed by atoms with Crippen molar-refractivity contribution in [3.63, 3.8) is 0 Å². The Morgan fingerprint density at radius 1 is 1.20 bits per heavy atom. The number of nitrogens with one attached hydrogen (secondary N) is 1. The molecule has 2 heterocycles. The Labute approximate surface area is 122 Å². The van der Waals surface area contributed by atoms with Gasteiger partial charge in [0.05, 0.1) is 10.7 Å². The number of thiazole rings is 1. The van der Waals surface area contributed by atoms with E-state index in [0.29, 0.717) is 0 Å². The van der Waals surface area contributed by atoms with Gasteiger partial charge >= 0.3 is 0 Å². The summed E-state index contributed by atoms with van der Waals surface area (Å²) in [6.45, 7) is 3.89. The van der Waals surface area contributed by atoms with Crippen molar-refractivity contribution in [1.82, 2.24) is 15.3 Å². The molecular weight excluding hydrogens is 266 g/mol. The summed E-state index contributed by atoms with van der Waals surface area (Å²) in [5.74, 6) is 0. The Balaban J connectivity index is 1.54. The molecule has 4 heteroatoms. The van der Waals surface area contributed by atoms with E-state index in [4.69, 9.17) is 0 Å². The molecule has 20 heavy (non-hydrogen) atoms. The maximum absolute atomic E-state index is 4.47. The number of aryl methyl sites for hydroxylation is 1. The Kier molecular flexibility index (Phi) is 4.04. The van der Waals surface area contributed by atoms with Gasteiger partial charge in [-0.3, -0.25) is 4.98 Å². The molecule has 0 aliphatic heterocycles. The standard InChI is InChI=1S/C16H17N3S/c1-12-19-16(11-20-12)5-7-17-9-13-2-3-15-10-18-6-4-14(15)8-13/h2-4,6,8,10-11,17H,5,7,9H2,1H3. The van der Waals surface area contributed by atoms with Gasteiger partial charge < -0.3 is 5.32 Å². The third kappa shape index (κ3) is 3.21. The summed E-state index contributed by atoms with van der Waals surface area (Å²) < 4.78 is 0. The fourth-order valence-corrected chi connectivity index (χ4v) is 2.86. The highest BCUT2D eigenvalue weighted by atomic mass is 32.1. The number of benzene rings is 1. The van der Waals surface area contributed by atoms with Crippen molar-refractivity contribution in [3.8, 4) is 0 Å². The number of aromatic nitrogens is 2. The first-order valence-corrected chi connectivity index (χ1v) is 7.63. The minimum absolute atomic E-state index is 0.890. The van der Waals surface area contributed by atoms with Crippen molar-refractivity contribution < 1.29 is 0 Å². The summed E-state index contributed by atoms with van der Waals surface area (Å²) in [5.41, 5.74) is 2.49. The topological polar surface area (TPSA) is 37.8 Å². The molecule has 0 unspecified atom stereocenters. The molecule has 0 fully saturated rings. The minimum atomic E-state index is 0.890. The summed E-state index contributed by atoms with van der Waals surface area (Å²) in [5, 5.41) is 9.19. The molecule has 0 saturated carbocycles. The number of fused-ring (bicyclic) bond motifs is 1. The van der Waals surface area contributed by atoms with Crippen LogP contribution in [0.5, 0.6) is 0 Å². The van der Waals surface area contributed by atoms with E-state index in [9.17, 15) is 0 Å². The maximum Gasteiger partial charge on any atom is 0.0897 e. The fraction of sp³-hybridized carbons (Fsp3) is 0.250. The molecule has 0 saturated heterocycles. The maximum atomic E-state index is 4.47. The molecule has 0 spiro atoms. The quantitative estimate of drug-likeness (QED) is 0.730. The molecule has 0 atom stereocenters. The van der Waals surface area contributed by atoms with E-state index >= 15 is 0 Å². The average Bonchev–Trinajstić information content (AvgIpc) is 2.89. The van der Waals surface area contributed by atoms with Crippen LogP contribution in [0.4, 0.5) is 0 Å². The third-order valence-corrected chi connectivity index (χ3v) is 4.08. The van der Waals surface area contributed by atoms with Gasteiger partial charge in [0, 0.05) is 42.7 Å². The second kappa shape index (κ2) is 6.11. The van der Waals surface area contributed by atoms with Crippen LogP contribution in [0.2, 0.25) is 0 Å². The molecule has 0 radical (unpaired) electrons. The Bertz CT molecular complexity index is 706. The van der Waals surface area contributed by atoms with Crippen LogP contribution < -0.4 is 5.32 Å². The first-order chi connectivity index (χ1) is 9.81. The van der Waals surface area contributed by atoms with E-state index < -0.39 is 0 Å².